The van der Waals surface area contributed by atoms with Gasteiger partial charge in [0.2, 0.25) is 0 Å². The fourth-order valence-corrected chi connectivity index (χ4v) is 5.31. The van der Waals surface area contributed by atoms with Crippen molar-refractivity contribution in [2.75, 3.05) is 49.2 Å². The maximum absolute atomic E-state index is 12.8. The Labute approximate surface area is 245 Å². The first-order valence-electron chi connectivity index (χ1n) is 14.5. The summed E-state index contributed by atoms with van der Waals surface area (Å²) >= 11 is 0. The molecule has 220 valence electrons. The quantitative estimate of drug-likeness (QED) is 0.325. The van der Waals surface area contributed by atoms with Gasteiger partial charge in [-0.25, -0.2) is 14.0 Å². The summed E-state index contributed by atoms with van der Waals surface area (Å²) in [5.74, 6) is 0.820. The normalized spacial score (nSPS) is 20.5. The highest BCUT2D eigenvalue weighted by atomic mass is 16.7. The number of aromatic nitrogens is 3. The fraction of sp³-hybridized carbons (Fsp3) is 0.375. The molecule has 0 aliphatic carbocycles. The van der Waals surface area contributed by atoms with Crippen molar-refractivity contribution in [3.05, 3.63) is 101 Å². The van der Waals surface area contributed by atoms with Crippen molar-refractivity contribution in [2.45, 2.75) is 38.3 Å². The Morgan fingerprint density at radius 1 is 0.881 bits per heavy atom. The third-order valence-electron chi connectivity index (χ3n) is 8.07. The van der Waals surface area contributed by atoms with Gasteiger partial charge in [-0.05, 0) is 62.4 Å². The number of hydrogen-bond donors (Lipinski definition) is 1. The minimum Gasteiger partial charge on any atom is -0.491 e. The van der Waals surface area contributed by atoms with Crippen LogP contribution in [-0.2, 0) is 9.47 Å². The van der Waals surface area contributed by atoms with Gasteiger partial charge in [-0.3, -0.25) is 0 Å². The molecule has 2 saturated heterocycles. The lowest BCUT2D eigenvalue weighted by Crippen LogP contribution is -2.46. The molecule has 10 heteroatoms. The predicted octanol–water partition coefficient (Wildman–Crippen LogP) is 3.76. The van der Waals surface area contributed by atoms with E-state index in [-0.39, 0.29) is 30.2 Å². The van der Waals surface area contributed by atoms with Crippen LogP contribution in [0, 0.1) is 0 Å². The molecule has 2 aliphatic heterocycles. The second kappa shape index (κ2) is 12.4. The first-order chi connectivity index (χ1) is 20.5. The van der Waals surface area contributed by atoms with Crippen LogP contribution in [0.15, 0.2) is 90.0 Å². The van der Waals surface area contributed by atoms with Crippen LogP contribution in [0.4, 0.5) is 11.4 Å². The average molecular weight is 571 g/mol. The van der Waals surface area contributed by atoms with E-state index in [1.807, 2.05) is 68.4 Å². The summed E-state index contributed by atoms with van der Waals surface area (Å²) in [6.07, 6.45) is 1.13. The number of nitrogens with two attached hydrogens (primary N) is 1. The SMILES string of the molecule is CC(N)C(C)n1ncn(-c2ccc(N3CCN(c4ccc(OC[C@@H]5COC(c6ccccc6)O5)cc4)CC3)cc2)c1=O. The molecule has 0 amide bonds. The average Bonchev–Trinajstić information content (AvgIpc) is 3.67. The van der Waals surface area contributed by atoms with E-state index in [1.54, 1.807) is 10.9 Å². The van der Waals surface area contributed by atoms with E-state index in [4.69, 9.17) is 19.9 Å². The molecule has 3 unspecified atom stereocenters. The van der Waals surface area contributed by atoms with Crippen LogP contribution in [0.25, 0.3) is 5.69 Å². The third kappa shape index (κ3) is 6.06. The minimum atomic E-state index is -0.331. The monoisotopic (exact) mass is 570 g/mol. The number of anilines is 2. The number of benzene rings is 3. The number of hydrogen-bond acceptors (Lipinski definition) is 8. The number of rotatable bonds is 9. The Bertz CT molecular complexity index is 1490. The van der Waals surface area contributed by atoms with Gasteiger partial charge in [-0.1, -0.05) is 30.3 Å². The topological polar surface area (TPSA) is 100 Å². The molecule has 2 N–H and O–H groups in total. The smallest absolute Gasteiger partial charge is 0.350 e. The molecule has 0 bridgehead atoms. The lowest BCUT2D eigenvalue weighted by Gasteiger charge is -2.37. The molecule has 6 rings (SSSR count). The van der Waals surface area contributed by atoms with Crippen LogP contribution in [0.1, 0.15) is 31.7 Å². The molecule has 3 heterocycles. The summed E-state index contributed by atoms with van der Waals surface area (Å²) in [5, 5.41) is 4.26. The number of ether oxygens (including phenoxy) is 3. The molecule has 3 aromatic carbocycles. The van der Waals surface area contributed by atoms with Crippen LogP contribution in [0.5, 0.6) is 5.75 Å². The van der Waals surface area contributed by atoms with Gasteiger partial charge in [-0.15, -0.1) is 0 Å². The molecule has 4 aromatic rings. The first-order valence-corrected chi connectivity index (χ1v) is 14.5. The third-order valence-corrected chi connectivity index (χ3v) is 8.07. The van der Waals surface area contributed by atoms with Gasteiger partial charge in [0.05, 0.1) is 18.3 Å². The van der Waals surface area contributed by atoms with E-state index >= 15 is 0 Å². The fourth-order valence-electron chi connectivity index (χ4n) is 5.31. The Balaban J connectivity index is 0.985. The molecule has 2 aliphatic rings. The summed E-state index contributed by atoms with van der Waals surface area (Å²) in [7, 11) is 0. The lowest BCUT2D eigenvalue weighted by atomic mass is 10.2. The Morgan fingerprint density at radius 2 is 1.48 bits per heavy atom. The van der Waals surface area contributed by atoms with Crippen LogP contribution in [0.2, 0.25) is 0 Å². The Kier molecular flexibility index (Phi) is 8.27. The van der Waals surface area contributed by atoms with E-state index in [9.17, 15) is 4.79 Å². The maximum atomic E-state index is 12.8. The van der Waals surface area contributed by atoms with E-state index in [0.717, 1.165) is 48.9 Å². The van der Waals surface area contributed by atoms with Crippen LogP contribution in [-0.4, -0.2) is 65.9 Å². The van der Waals surface area contributed by atoms with Gasteiger partial charge >= 0.3 is 5.69 Å². The lowest BCUT2D eigenvalue weighted by molar-refractivity contribution is -0.0659. The zero-order valence-electron chi connectivity index (χ0n) is 24.1. The van der Waals surface area contributed by atoms with E-state index in [1.165, 1.54) is 10.4 Å². The summed E-state index contributed by atoms with van der Waals surface area (Å²) < 4.78 is 20.8. The molecule has 0 spiro atoms. The van der Waals surface area contributed by atoms with Gasteiger partial charge in [0, 0.05) is 49.2 Å². The van der Waals surface area contributed by atoms with E-state index < -0.39 is 0 Å². The standard InChI is InChI=1S/C32H38N6O4/c1-23(33)24(2)38-32(39)37(22-34-38)28-10-8-26(9-11-28)35-16-18-36(19-17-35)27-12-14-29(15-13-27)40-20-30-21-41-31(42-30)25-6-4-3-5-7-25/h3-15,22-24,30-31H,16-21,33H2,1-2H3/t23?,24?,30-,31?/m1/s1. The van der Waals surface area contributed by atoms with Crippen molar-refractivity contribution >= 4 is 11.4 Å². The molecule has 42 heavy (non-hydrogen) atoms. The van der Waals surface area contributed by atoms with Crippen molar-refractivity contribution in [3.8, 4) is 11.4 Å². The number of piperazine rings is 1. The minimum absolute atomic E-state index is 0.0978. The van der Waals surface area contributed by atoms with Crippen LogP contribution < -0.4 is 26.0 Å². The molecule has 1 aromatic heterocycles. The van der Waals surface area contributed by atoms with Crippen molar-refractivity contribution in [3.63, 3.8) is 0 Å². The van der Waals surface area contributed by atoms with Crippen LogP contribution >= 0.6 is 0 Å². The summed E-state index contributed by atoms with van der Waals surface area (Å²) in [6.45, 7) is 8.38. The van der Waals surface area contributed by atoms with Crippen molar-refractivity contribution in [1.29, 1.82) is 0 Å². The van der Waals surface area contributed by atoms with Gasteiger partial charge < -0.3 is 29.7 Å². The van der Waals surface area contributed by atoms with Crippen molar-refractivity contribution in [1.82, 2.24) is 14.3 Å². The number of nitrogens with zero attached hydrogens (tertiary/aromatic N) is 5. The summed E-state index contributed by atoms with van der Waals surface area (Å²) in [5.41, 5.74) is 9.91. The largest absolute Gasteiger partial charge is 0.491 e. The van der Waals surface area contributed by atoms with Gasteiger partial charge in [-0.2, -0.15) is 5.10 Å². The first kappa shape index (κ1) is 28.0. The highest BCUT2D eigenvalue weighted by Gasteiger charge is 2.28. The molecule has 2 fully saturated rings. The Hall–Kier alpha value is -4.12. The van der Waals surface area contributed by atoms with Crippen molar-refractivity contribution in [2.24, 2.45) is 5.73 Å². The second-order valence-electron chi connectivity index (χ2n) is 11.0. The zero-order chi connectivity index (χ0) is 29.1. The molecule has 4 atom stereocenters. The highest BCUT2D eigenvalue weighted by Crippen LogP contribution is 2.28. The molecule has 10 nitrogen and oxygen atoms in total. The molecule has 0 radical (unpaired) electrons. The molecular weight excluding hydrogens is 532 g/mol. The van der Waals surface area contributed by atoms with Gasteiger partial charge in [0.25, 0.3) is 0 Å². The predicted molar refractivity (Wildman–Crippen MR) is 163 cm³/mol. The summed E-state index contributed by atoms with van der Waals surface area (Å²) in [4.78, 5) is 17.6. The Morgan fingerprint density at radius 3 is 2.10 bits per heavy atom. The van der Waals surface area contributed by atoms with Crippen molar-refractivity contribution < 1.29 is 14.2 Å². The molecule has 0 saturated carbocycles. The van der Waals surface area contributed by atoms with Crippen LogP contribution in [0.3, 0.4) is 0 Å². The summed E-state index contributed by atoms with van der Waals surface area (Å²) in [6, 6.07) is 26.0. The second-order valence-corrected chi connectivity index (χ2v) is 11.0. The zero-order valence-corrected chi connectivity index (χ0v) is 24.1. The maximum Gasteiger partial charge on any atom is 0.350 e. The highest BCUT2D eigenvalue weighted by molar-refractivity contribution is 5.54. The van der Waals surface area contributed by atoms with E-state index in [0.29, 0.717) is 13.2 Å². The molecular formula is C32H38N6O4. The van der Waals surface area contributed by atoms with Gasteiger partial charge in [0.15, 0.2) is 6.29 Å². The van der Waals surface area contributed by atoms with E-state index in [2.05, 4.69) is 39.2 Å². The van der Waals surface area contributed by atoms with Gasteiger partial charge in [0.1, 0.15) is 24.8 Å².